The number of methoxy groups -OCH3 is 1. The van der Waals surface area contributed by atoms with Gasteiger partial charge in [-0.2, -0.15) is 0 Å². The number of rotatable bonds is 9. The Balaban J connectivity index is 2.85. The summed E-state index contributed by atoms with van der Waals surface area (Å²) in [4.78, 5) is 12.1. The minimum Gasteiger partial charge on any atom is -0.490 e. The van der Waals surface area contributed by atoms with Crippen molar-refractivity contribution in [3.8, 4) is 11.5 Å². The summed E-state index contributed by atoms with van der Waals surface area (Å²) in [7, 11) is 1.61. The van der Waals surface area contributed by atoms with E-state index in [1.165, 1.54) is 0 Å². The molecule has 0 aliphatic carbocycles. The van der Waals surface area contributed by atoms with Gasteiger partial charge < -0.3 is 19.5 Å². The van der Waals surface area contributed by atoms with E-state index in [1.807, 2.05) is 32.9 Å². The third kappa shape index (κ3) is 5.85. The average Bonchev–Trinajstić information content (AvgIpc) is 2.44. The number of halogens is 1. The summed E-state index contributed by atoms with van der Waals surface area (Å²) in [6.45, 7) is 7.32. The lowest BCUT2D eigenvalue weighted by Gasteiger charge is -2.16. The molecule has 0 bridgehead atoms. The minimum absolute atomic E-state index is 0.0228. The molecule has 1 unspecified atom stereocenters. The van der Waals surface area contributed by atoms with Gasteiger partial charge in [-0.1, -0.05) is 15.9 Å². The molecule has 0 saturated heterocycles. The topological polar surface area (TPSA) is 56.8 Å². The van der Waals surface area contributed by atoms with Crippen molar-refractivity contribution >= 4 is 21.8 Å². The number of amides is 1. The van der Waals surface area contributed by atoms with Crippen LogP contribution >= 0.6 is 15.9 Å². The van der Waals surface area contributed by atoms with Gasteiger partial charge in [0.15, 0.2) is 11.5 Å². The van der Waals surface area contributed by atoms with Crippen LogP contribution in [-0.2, 0) is 16.0 Å². The SMILES string of the molecule is CCOc1cc(Br)c(CC(=O)NC(C)COC)cc1OCC. The zero-order valence-corrected chi connectivity index (χ0v) is 15.2. The van der Waals surface area contributed by atoms with Crippen molar-refractivity contribution in [1.29, 1.82) is 0 Å². The predicted octanol–water partition coefficient (Wildman–Crippen LogP) is 2.94. The minimum atomic E-state index is -0.0585. The Morgan fingerprint density at radius 2 is 1.82 bits per heavy atom. The lowest BCUT2D eigenvalue weighted by molar-refractivity contribution is -0.121. The second kappa shape index (κ2) is 9.69. The molecule has 0 aliphatic rings. The van der Waals surface area contributed by atoms with Gasteiger partial charge in [0.05, 0.1) is 26.2 Å². The highest BCUT2D eigenvalue weighted by Crippen LogP contribution is 2.34. The van der Waals surface area contributed by atoms with Crippen LogP contribution in [0, 0.1) is 0 Å². The monoisotopic (exact) mass is 373 g/mol. The van der Waals surface area contributed by atoms with Crippen molar-refractivity contribution in [3.05, 3.63) is 22.2 Å². The zero-order chi connectivity index (χ0) is 16.5. The standard InChI is InChI=1S/C16H24BrNO4/c1-5-21-14-7-12(13(17)9-15(14)22-6-2)8-16(19)18-11(3)10-20-4/h7,9,11H,5-6,8,10H2,1-4H3,(H,18,19). The summed E-state index contributed by atoms with van der Waals surface area (Å²) in [6.07, 6.45) is 0.265. The van der Waals surface area contributed by atoms with Gasteiger partial charge >= 0.3 is 0 Å². The highest BCUT2D eigenvalue weighted by atomic mass is 79.9. The van der Waals surface area contributed by atoms with Gasteiger partial charge in [-0.25, -0.2) is 0 Å². The quantitative estimate of drug-likeness (QED) is 0.722. The lowest BCUT2D eigenvalue weighted by Crippen LogP contribution is -2.36. The number of carbonyl (C=O) groups is 1. The van der Waals surface area contributed by atoms with E-state index in [0.717, 1.165) is 10.0 Å². The molecule has 0 aromatic heterocycles. The fourth-order valence-electron chi connectivity index (χ4n) is 2.04. The first-order chi connectivity index (χ1) is 10.5. The second-order valence-corrected chi connectivity index (χ2v) is 5.71. The number of hydrogen-bond donors (Lipinski definition) is 1. The van der Waals surface area contributed by atoms with Crippen molar-refractivity contribution in [2.45, 2.75) is 33.2 Å². The van der Waals surface area contributed by atoms with E-state index in [4.69, 9.17) is 14.2 Å². The number of carbonyl (C=O) groups excluding carboxylic acids is 1. The van der Waals surface area contributed by atoms with E-state index in [2.05, 4.69) is 21.2 Å². The van der Waals surface area contributed by atoms with Crippen molar-refractivity contribution in [1.82, 2.24) is 5.32 Å². The molecule has 0 spiro atoms. The van der Waals surface area contributed by atoms with E-state index < -0.39 is 0 Å². The number of benzene rings is 1. The van der Waals surface area contributed by atoms with Crippen LogP contribution in [0.4, 0.5) is 0 Å². The first-order valence-electron chi connectivity index (χ1n) is 7.38. The molecular formula is C16H24BrNO4. The molecule has 0 heterocycles. The van der Waals surface area contributed by atoms with E-state index in [1.54, 1.807) is 7.11 Å². The maximum atomic E-state index is 12.1. The number of ether oxygens (including phenoxy) is 3. The van der Waals surface area contributed by atoms with Gasteiger partial charge in [0.2, 0.25) is 5.91 Å². The Hall–Kier alpha value is -1.27. The van der Waals surface area contributed by atoms with Crippen LogP contribution in [0.1, 0.15) is 26.3 Å². The highest BCUT2D eigenvalue weighted by Gasteiger charge is 2.14. The molecule has 1 aromatic carbocycles. The molecule has 1 rings (SSSR count). The highest BCUT2D eigenvalue weighted by molar-refractivity contribution is 9.10. The molecule has 0 saturated carbocycles. The second-order valence-electron chi connectivity index (χ2n) is 4.86. The largest absolute Gasteiger partial charge is 0.490 e. The summed E-state index contributed by atoms with van der Waals surface area (Å²) < 4.78 is 17.0. The molecule has 1 N–H and O–H groups in total. The average molecular weight is 374 g/mol. The molecule has 0 aliphatic heterocycles. The van der Waals surface area contributed by atoms with Crippen LogP contribution in [0.15, 0.2) is 16.6 Å². The summed E-state index contributed by atoms with van der Waals surface area (Å²) >= 11 is 3.49. The van der Waals surface area contributed by atoms with Gasteiger partial charge in [-0.05, 0) is 38.5 Å². The first kappa shape index (κ1) is 18.8. The van der Waals surface area contributed by atoms with Crippen molar-refractivity contribution in [3.63, 3.8) is 0 Å². The molecule has 6 heteroatoms. The van der Waals surface area contributed by atoms with Gasteiger partial charge in [-0.15, -0.1) is 0 Å². The molecule has 0 radical (unpaired) electrons. The summed E-state index contributed by atoms with van der Waals surface area (Å²) in [5.41, 5.74) is 0.856. The van der Waals surface area contributed by atoms with Crippen LogP contribution in [0.5, 0.6) is 11.5 Å². The van der Waals surface area contributed by atoms with Crippen LogP contribution in [0.25, 0.3) is 0 Å². The van der Waals surface area contributed by atoms with Gasteiger partial charge in [-0.3, -0.25) is 4.79 Å². The van der Waals surface area contributed by atoms with E-state index >= 15 is 0 Å². The predicted molar refractivity (Wildman–Crippen MR) is 89.7 cm³/mol. The summed E-state index contributed by atoms with van der Waals surface area (Å²) in [5.74, 6) is 1.27. The van der Waals surface area contributed by atoms with E-state index in [9.17, 15) is 4.79 Å². The Morgan fingerprint density at radius 1 is 1.23 bits per heavy atom. The molecule has 124 valence electrons. The number of hydrogen-bond acceptors (Lipinski definition) is 4. The van der Waals surface area contributed by atoms with E-state index in [0.29, 0.717) is 31.3 Å². The Labute approximate surface area is 140 Å². The summed E-state index contributed by atoms with van der Waals surface area (Å²) in [6, 6.07) is 3.67. The summed E-state index contributed by atoms with van der Waals surface area (Å²) in [5, 5.41) is 2.89. The third-order valence-corrected chi connectivity index (χ3v) is 3.63. The molecule has 1 amide bonds. The fraction of sp³-hybridized carbons (Fsp3) is 0.562. The maximum absolute atomic E-state index is 12.1. The van der Waals surface area contributed by atoms with Crippen LogP contribution < -0.4 is 14.8 Å². The van der Waals surface area contributed by atoms with Gasteiger partial charge in [0.1, 0.15) is 0 Å². The molecular weight excluding hydrogens is 350 g/mol. The molecule has 5 nitrogen and oxygen atoms in total. The maximum Gasteiger partial charge on any atom is 0.224 e. The lowest BCUT2D eigenvalue weighted by atomic mass is 10.1. The normalized spacial score (nSPS) is 11.9. The zero-order valence-electron chi connectivity index (χ0n) is 13.6. The first-order valence-corrected chi connectivity index (χ1v) is 8.17. The Morgan fingerprint density at radius 3 is 2.36 bits per heavy atom. The number of nitrogens with one attached hydrogen (secondary N) is 1. The smallest absolute Gasteiger partial charge is 0.224 e. The Kier molecular flexibility index (Phi) is 8.27. The van der Waals surface area contributed by atoms with Crippen molar-refractivity contribution < 1.29 is 19.0 Å². The van der Waals surface area contributed by atoms with Gasteiger partial charge in [0, 0.05) is 17.6 Å². The van der Waals surface area contributed by atoms with Crippen LogP contribution in [0.3, 0.4) is 0 Å². The van der Waals surface area contributed by atoms with Crippen LogP contribution in [0.2, 0.25) is 0 Å². The van der Waals surface area contributed by atoms with E-state index in [-0.39, 0.29) is 18.4 Å². The molecule has 1 atom stereocenters. The van der Waals surface area contributed by atoms with Crippen molar-refractivity contribution in [2.75, 3.05) is 26.9 Å². The Bertz CT molecular complexity index is 493. The molecule has 22 heavy (non-hydrogen) atoms. The van der Waals surface area contributed by atoms with Gasteiger partial charge in [0.25, 0.3) is 0 Å². The third-order valence-electron chi connectivity index (χ3n) is 2.89. The molecule has 1 aromatic rings. The molecule has 0 fully saturated rings. The van der Waals surface area contributed by atoms with Crippen molar-refractivity contribution in [2.24, 2.45) is 0 Å². The fourth-order valence-corrected chi connectivity index (χ4v) is 2.50. The van der Waals surface area contributed by atoms with Crippen LogP contribution in [-0.4, -0.2) is 38.9 Å².